The number of nitrogens with zero attached hydrogens (tertiary/aromatic N) is 1. The highest BCUT2D eigenvalue weighted by atomic mass is 32.2. The van der Waals surface area contributed by atoms with E-state index in [4.69, 9.17) is 4.74 Å². The first-order valence-electron chi connectivity index (χ1n) is 8.46. The van der Waals surface area contributed by atoms with E-state index < -0.39 is 0 Å². The summed E-state index contributed by atoms with van der Waals surface area (Å²) in [7, 11) is 0. The Balaban J connectivity index is 2.17. The zero-order valence-corrected chi connectivity index (χ0v) is 14.8. The molecule has 1 atom stereocenters. The molecule has 1 unspecified atom stereocenters. The van der Waals surface area contributed by atoms with Crippen LogP contribution in [-0.2, 0) is 9.53 Å². The lowest BCUT2D eigenvalue weighted by Gasteiger charge is -2.50. The van der Waals surface area contributed by atoms with Crippen molar-refractivity contribution < 1.29 is 9.53 Å². The Kier molecular flexibility index (Phi) is 6.01. The number of carbonyl (C=O) groups is 1. The Morgan fingerprint density at radius 2 is 1.81 bits per heavy atom. The molecule has 0 saturated carbocycles. The number of rotatable bonds is 4. The number of thioether (sulfide) groups is 1. The Morgan fingerprint density at radius 3 is 2.38 bits per heavy atom. The Bertz CT molecular complexity index is 351. The number of hydrogen-bond donors (Lipinski definition) is 0. The minimum absolute atomic E-state index is 0.0138. The van der Waals surface area contributed by atoms with E-state index in [1.807, 2.05) is 18.7 Å². The molecule has 2 rings (SSSR count). The van der Waals surface area contributed by atoms with Crippen molar-refractivity contribution in [3.05, 3.63) is 0 Å². The monoisotopic (exact) mass is 313 g/mol. The van der Waals surface area contributed by atoms with E-state index in [9.17, 15) is 4.79 Å². The molecule has 2 aliphatic rings. The third-order valence-electron chi connectivity index (χ3n) is 4.73. The lowest BCUT2D eigenvalue weighted by atomic mass is 9.77. The number of esters is 1. The molecule has 2 heterocycles. The molecule has 0 radical (unpaired) electrons. The molecule has 4 heteroatoms. The molecule has 0 aromatic carbocycles. The molecule has 122 valence electrons. The average Bonchev–Trinajstić information content (AvgIpc) is 2.66. The number of ether oxygens (including phenoxy) is 1. The van der Waals surface area contributed by atoms with E-state index in [1.54, 1.807) is 0 Å². The quantitative estimate of drug-likeness (QED) is 0.740. The van der Waals surface area contributed by atoms with Gasteiger partial charge in [0.15, 0.2) is 0 Å². The minimum atomic E-state index is -0.0138. The predicted octanol–water partition coefficient (Wildman–Crippen LogP) is 3.72. The Hall–Kier alpha value is -0.220. The summed E-state index contributed by atoms with van der Waals surface area (Å²) in [5.74, 6) is 2.26. The SMILES string of the molecule is CCOC(=O)CC1(N2CCCCCC2)CSCC(C)(C)C1. The summed E-state index contributed by atoms with van der Waals surface area (Å²) in [6.07, 6.45) is 6.90. The van der Waals surface area contributed by atoms with Crippen LogP contribution in [0.1, 0.15) is 59.3 Å². The Labute approximate surface area is 134 Å². The fourth-order valence-corrected chi connectivity index (χ4v) is 5.49. The van der Waals surface area contributed by atoms with Crippen molar-refractivity contribution in [1.82, 2.24) is 4.90 Å². The van der Waals surface area contributed by atoms with E-state index in [0.717, 1.165) is 25.3 Å². The van der Waals surface area contributed by atoms with Gasteiger partial charge in [0.2, 0.25) is 0 Å². The second-order valence-corrected chi connectivity index (χ2v) is 8.43. The van der Waals surface area contributed by atoms with Crippen LogP contribution in [0.2, 0.25) is 0 Å². The van der Waals surface area contributed by atoms with Gasteiger partial charge in [-0.1, -0.05) is 26.7 Å². The molecule has 0 aromatic rings. The van der Waals surface area contributed by atoms with Crippen molar-refractivity contribution in [3.8, 4) is 0 Å². The molecule has 0 aliphatic carbocycles. The van der Waals surface area contributed by atoms with Crippen molar-refractivity contribution in [1.29, 1.82) is 0 Å². The van der Waals surface area contributed by atoms with E-state index >= 15 is 0 Å². The van der Waals surface area contributed by atoms with Gasteiger partial charge in [0.25, 0.3) is 0 Å². The highest BCUT2D eigenvalue weighted by Gasteiger charge is 2.46. The molecule has 0 N–H and O–H groups in total. The maximum atomic E-state index is 12.2. The van der Waals surface area contributed by atoms with Crippen LogP contribution in [0.15, 0.2) is 0 Å². The van der Waals surface area contributed by atoms with Crippen LogP contribution in [0, 0.1) is 5.41 Å². The zero-order valence-electron chi connectivity index (χ0n) is 14.0. The van der Waals surface area contributed by atoms with Crippen LogP contribution in [0.3, 0.4) is 0 Å². The van der Waals surface area contributed by atoms with Crippen molar-refractivity contribution in [2.24, 2.45) is 5.41 Å². The molecule has 21 heavy (non-hydrogen) atoms. The lowest BCUT2D eigenvalue weighted by Crippen LogP contribution is -2.57. The van der Waals surface area contributed by atoms with Gasteiger partial charge in [-0.15, -0.1) is 0 Å². The van der Waals surface area contributed by atoms with Gasteiger partial charge < -0.3 is 4.74 Å². The molecule has 2 aliphatic heterocycles. The van der Waals surface area contributed by atoms with E-state index in [0.29, 0.717) is 18.4 Å². The topological polar surface area (TPSA) is 29.5 Å². The van der Waals surface area contributed by atoms with E-state index in [2.05, 4.69) is 18.7 Å². The minimum Gasteiger partial charge on any atom is -0.466 e. The van der Waals surface area contributed by atoms with Crippen molar-refractivity contribution in [2.75, 3.05) is 31.2 Å². The summed E-state index contributed by atoms with van der Waals surface area (Å²) >= 11 is 2.02. The predicted molar refractivity (Wildman–Crippen MR) is 89.7 cm³/mol. The van der Waals surface area contributed by atoms with Crippen molar-refractivity contribution in [3.63, 3.8) is 0 Å². The standard InChI is InChI=1S/C17H31NO2S/c1-4-20-15(19)11-17(12-16(2,3)13-21-14-17)18-9-7-5-6-8-10-18/h4-14H2,1-3H3. The van der Waals surface area contributed by atoms with Crippen molar-refractivity contribution >= 4 is 17.7 Å². The fraction of sp³-hybridized carbons (Fsp3) is 0.941. The van der Waals surface area contributed by atoms with E-state index in [-0.39, 0.29) is 11.5 Å². The summed E-state index contributed by atoms with van der Waals surface area (Å²) in [4.78, 5) is 14.8. The molecule has 0 amide bonds. The van der Waals surface area contributed by atoms with Crippen LogP contribution in [-0.4, -0.2) is 47.6 Å². The second kappa shape index (κ2) is 7.36. The van der Waals surface area contributed by atoms with Gasteiger partial charge >= 0.3 is 5.97 Å². The van der Waals surface area contributed by atoms with Gasteiger partial charge in [-0.05, 0) is 50.4 Å². The normalized spacial score (nSPS) is 30.6. The number of likely N-dealkylation sites (tertiary alicyclic amines) is 1. The van der Waals surface area contributed by atoms with Crippen LogP contribution in [0.25, 0.3) is 0 Å². The summed E-state index contributed by atoms with van der Waals surface area (Å²) < 4.78 is 5.29. The average molecular weight is 314 g/mol. The van der Waals surface area contributed by atoms with Gasteiger partial charge in [-0.2, -0.15) is 11.8 Å². The largest absolute Gasteiger partial charge is 0.466 e. The maximum absolute atomic E-state index is 12.2. The van der Waals surface area contributed by atoms with Crippen LogP contribution >= 0.6 is 11.8 Å². The summed E-state index contributed by atoms with van der Waals surface area (Å²) in [5, 5.41) is 0. The molecule has 2 saturated heterocycles. The van der Waals surface area contributed by atoms with Crippen LogP contribution in [0.5, 0.6) is 0 Å². The molecule has 0 bridgehead atoms. The number of carbonyl (C=O) groups excluding carboxylic acids is 1. The first kappa shape index (κ1) is 17.1. The number of hydrogen-bond acceptors (Lipinski definition) is 4. The summed E-state index contributed by atoms with van der Waals surface area (Å²) in [5.41, 5.74) is 0.324. The third-order valence-corrected chi connectivity index (χ3v) is 6.45. The third kappa shape index (κ3) is 4.62. The van der Waals surface area contributed by atoms with Crippen LogP contribution in [0.4, 0.5) is 0 Å². The van der Waals surface area contributed by atoms with Gasteiger partial charge in [0.05, 0.1) is 13.0 Å². The Morgan fingerprint density at radius 1 is 1.14 bits per heavy atom. The van der Waals surface area contributed by atoms with Gasteiger partial charge in [0.1, 0.15) is 0 Å². The van der Waals surface area contributed by atoms with E-state index in [1.165, 1.54) is 31.4 Å². The lowest BCUT2D eigenvalue weighted by molar-refractivity contribution is -0.147. The van der Waals surface area contributed by atoms with Gasteiger partial charge in [-0.3, -0.25) is 9.69 Å². The van der Waals surface area contributed by atoms with Crippen LogP contribution < -0.4 is 0 Å². The zero-order chi connectivity index (χ0) is 15.3. The molecular formula is C17H31NO2S. The van der Waals surface area contributed by atoms with Crippen molar-refractivity contribution in [2.45, 2.75) is 64.8 Å². The second-order valence-electron chi connectivity index (χ2n) is 7.44. The maximum Gasteiger partial charge on any atom is 0.307 e. The highest BCUT2D eigenvalue weighted by molar-refractivity contribution is 7.99. The smallest absolute Gasteiger partial charge is 0.307 e. The molecule has 3 nitrogen and oxygen atoms in total. The molecule has 0 aromatic heterocycles. The fourth-order valence-electron chi connectivity index (χ4n) is 3.96. The first-order valence-corrected chi connectivity index (χ1v) is 9.61. The van der Waals surface area contributed by atoms with Gasteiger partial charge in [0, 0.05) is 11.3 Å². The molecular weight excluding hydrogens is 282 g/mol. The first-order chi connectivity index (χ1) is 9.97. The van der Waals surface area contributed by atoms with Gasteiger partial charge in [-0.25, -0.2) is 0 Å². The summed E-state index contributed by atoms with van der Waals surface area (Å²) in [6, 6.07) is 0. The summed E-state index contributed by atoms with van der Waals surface area (Å²) in [6.45, 7) is 9.38. The highest BCUT2D eigenvalue weighted by Crippen LogP contribution is 2.44. The molecule has 0 spiro atoms. The molecule has 2 fully saturated rings.